The van der Waals surface area contributed by atoms with Crippen molar-refractivity contribution in [3.8, 4) is 0 Å². The first kappa shape index (κ1) is 26.7. The van der Waals surface area contributed by atoms with Crippen LogP contribution in [0.1, 0.15) is 79.2 Å². The molecule has 2 aliphatic heterocycles. The second kappa shape index (κ2) is 10.4. The molecule has 0 unspecified atom stereocenters. The van der Waals surface area contributed by atoms with E-state index in [0.717, 1.165) is 31.2 Å². The predicted molar refractivity (Wildman–Crippen MR) is 135 cm³/mol. The van der Waals surface area contributed by atoms with Gasteiger partial charge in [0.05, 0.1) is 4.92 Å². The van der Waals surface area contributed by atoms with Crippen LogP contribution >= 0.6 is 0 Å². The van der Waals surface area contributed by atoms with Crippen molar-refractivity contribution in [2.45, 2.75) is 91.7 Å². The summed E-state index contributed by atoms with van der Waals surface area (Å²) in [7, 11) is 0. The summed E-state index contributed by atoms with van der Waals surface area (Å²) in [5.74, 6) is 0.522. The van der Waals surface area contributed by atoms with E-state index in [9.17, 15) is 19.7 Å². The summed E-state index contributed by atoms with van der Waals surface area (Å²) in [6, 6.07) is -0.199. The van der Waals surface area contributed by atoms with Gasteiger partial charge in [-0.05, 0) is 58.3 Å². The molecule has 0 aromatic carbocycles. The van der Waals surface area contributed by atoms with Crippen LogP contribution in [0.25, 0.3) is 0 Å². The van der Waals surface area contributed by atoms with E-state index in [1.807, 2.05) is 4.90 Å². The molecule has 1 atom stereocenters. The maximum Gasteiger partial charge on any atom is 0.407 e. The molecule has 1 aromatic rings. The number of nitrogens with zero attached hydrogens (tertiary/aromatic N) is 4. The van der Waals surface area contributed by atoms with Gasteiger partial charge in [-0.15, -0.1) is 0 Å². The van der Waals surface area contributed by atoms with Crippen LogP contribution in [-0.4, -0.2) is 53.2 Å². The molecule has 35 heavy (non-hydrogen) atoms. The number of alkyl carbamates (subject to hydrolysis) is 1. The molecule has 10 heteroatoms. The molecule has 2 amide bonds. The molecule has 3 heterocycles. The quantitative estimate of drug-likeness (QED) is 0.475. The van der Waals surface area contributed by atoms with Gasteiger partial charge in [0.25, 0.3) is 0 Å². The summed E-state index contributed by atoms with van der Waals surface area (Å²) in [5, 5.41) is 14.9. The number of aromatic nitrogens is 1. The first-order chi connectivity index (χ1) is 16.2. The fraction of sp³-hybridized carbons (Fsp3) is 0.720. The van der Waals surface area contributed by atoms with E-state index in [4.69, 9.17) is 4.74 Å². The monoisotopic (exact) mass is 489 g/mol. The lowest BCUT2D eigenvalue weighted by Crippen LogP contribution is -2.49. The Labute approximate surface area is 207 Å². The molecule has 0 saturated carbocycles. The Morgan fingerprint density at radius 3 is 2.54 bits per heavy atom. The second-order valence-corrected chi connectivity index (χ2v) is 11.7. The molecule has 2 aliphatic rings. The number of hydrogen-bond donors (Lipinski definition) is 1. The molecule has 10 nitrogen and oxygen atoms in total. The Morgan fingerprint density at radius 2 is 1.91 bits per heavy atom. The Hall–Kier alpha value is -2.91. The topological polar surface area (TPSA) is 118 Å². The Morgan fingerprint density at radius 1 is 1.20 bits per heavy atom. The van der Waals surface area contributed by atoms with Crippen molar-refractivity contribution in [1.82, 2.24) is 10.3 Å². The molecule has 1 N–H and O–H groups in total. The Balaban J connectivity index is 1.88. The van der Waals surface area contributed by atoms with Crippen molar-refractivity contribution in [1.29, 1.82) is 0 Å². The van der Waals surface area contributed by atoms with Gasteiger partial charge in [0, 0.05) is 37.7 Å². The number of nitro groups is 1. The van der Waals surface area contributed by atoms with E-state index in [1.54, 1.807) is 25.7 Å². The number of carbonyl (C=O) groups excluding carboxylic acids is 2. The van der Waals surface area contributed by atoms with Gasteiger partial charge in [-0.2, -0.15) is 0 Å². The number of ether oxygens (including phenoxy) is 1. The number of pyridine rings is 1. The zero-order valence-corrected chi connectivity index (χ0v) is 21.8. The molecule has 0 aliphatic carbocycles. The predicted octanol–water partition coefficient (Wildman–Crippen LogP) is 4.59. The van der Waals surface area contributed by atoms with Crippen molar-refractivity contribution in [3.05, 3.63) is 21.9 Å². The average molecular weight is 490 g/mol. The lowest BCUT2D eigenvalue weighted by atomic mass is 9.90. The van der Waals surface area contributed by atoms with E-state index < -0.39 is 16.6 Å². The largest absolute Gasteiger partial charge is 0.444 e. The molecular formula is C25H39N5O5. The smallest absolute Gasteiger partial charge is 0.407 e. The number of hydrogen-bond acceptors (Lipinski definition) is 7. The van der Waals surface area contributed by atoms with E-state index in [2.05, 4.69) is 31.1 Å². The van der Waals surface area contributed by atoms with Gasteiger partial charge >= 0.3 is 11.8 Å². The van der Waals surface area contributed by atoms with Crippen LogP contribution in [0.5, 0.6) is 0 Å². The highest BCUT2D eigenvalue weighted by Crippen LogP contribution is 2.41. The number of nitrogens with one attached hydrogen (secondary N) is 1. The first-order valence-corrected chi connectivity index (χ1v) is 12.5. The summed E-state index contributed by atoms with van der Waals surface area (Å²) in [5.41, 5.74) is 0.624. The molecular weight excluding hydrogens is 450 g/mol. The minimum atomic E-state index is -0.607. The second-order valence-electron chi connectivity index (χ2n) is 11.7. The number of anilines is 2. The molecule has 1 saturated heterocycles. The van der Waals surface area contributed by atoms with Crippen molar-refractivity contribution in [2.75, 3.05) is 29.4 Å². The number of rotatable bonds is 5. The maximum atomic E-state index is 13.1. The SMILES string of the molecule is CC(C)(C)CCC(=O)N1CCCc2c1ncc([N+](=O)[O-])c2N1CCC[C@H](NC(=O)OC(C)(C)C)C1. The first-order valence-electron chi connectivity index (χ1n) is 12.5. The van der Waals surface area contributed by atoms with Crippen LogP contribution < -0.4 is 15.1 Å². The van der Waals surface area contributed by atoms with Crippen LogP contribution in [0.15, 0.2) is 6.20 Å². The normalized spacial score (nSPS) is 18.6. The molecule has 3 rings (SSSR count). The highest BCUT2D eigenvalue weighted by molar-refractivity contribution is 5.95. The summed E-state index contributed by atoms with van der Waals surface area (Å²) in [6.07, 6.45) is 4.79. The summed E-state index contributed by atoms with van der Waals surface area (Å²) in [4.78, 5) is 45.0. The third-order valence-corrected chi connectivity index (χ3v) is 6.22. The number of piperidine rings is 1. The molecule has 0 radical (unpaired) electrons. The molecule has 1 fully saturated rings. The van der Waals surface area contributed by atoms with Crippen molar-refractivity contribution in [3.63, 3.8) is 0 Å². The molecule has 194 valence electrons. The molecule has 0 bridgehead atoms. The van der Waals surface area contributed by atoms with E-state index in [-0.39, 0.29) is 23.1 Å². The zero-order valence-electron chi connectivity index (χ0n) is 21.8. The number of amides is 2. The van der Waals surface area contributed by atoms with Gasteiger partial charge in [-0.1, -0.05) is 20.8 Å². The van der Waals surface area contributed by atoms with E-state index in [0.29, 0.717) is 44.0 Å². The van der Waals surface area contributed by atoms with Gasteiger partial charge < -0.3 is 15.0 Å². The minimum absolute atomic E-state index is 0.00343. The van der Waals surface area contributed by atoms with Crippen LogP contribution in [0.4, 0.5) is 22.0 Å². The third-order valence-electron chi connectivity index (χ3n) is 6.22. The van der Waals surface area contributed by atoms with Crippen molar-refractivity contribution >= 4 is 29.2 Å². The fourth-order valence-corrected chi connectivity index (χ4v) is 4.62. The average Bonchev–Trinajstić information content (AvgIpc) is 2.74. The van der Waals surface area contributed by atoms with E-state index >= 15 is 0 Å². The molecule has 1 aromatic heterocycles. The Bertz CT molecular complexity index is 966. The van der Waals surface area contributed by atoms with Gasteiger partial charge in [-0.3, -0.25) is 19.8 Å². The zero-order chi connectivity index (χ0) is 26.0. The molecule has 0 spiro atoms. The van der Waals surface area contributed by atoms with Gasteiger partial charge in [0.15, 0.2) is 0 Å². The highest BCUT2D eigenvalue weighted by Gasteiger charge is 2.35. The lowest BCUT2D eigenvalue weighted by molar-refractivity contribution is -0.384. The van der Waals surface area contributed by atoms with Crippen LogP contribution in [0.3, 0.4) is 0 Å². The summed E-state index contributed by atoms with van der Waals surface area (Å²) in [6.45, 7) is 13.3. The summed E-state index contributed by atoms with van der Waals surface area (Å²) >= 11 is 0. The number of fused-ring (bicyclic) bond motifs is 1. The van der Waals surface area contributed by atoms with Crippen molar-refractivity contribution < 1.29 is 19.2 Å². The van der Waals surface area contributed by atoms with E-state index in [1.165, 1.54) is 6.20 Å². The Kier molecular flexibility index (Phi) is 7.91. The van der Waals surface area contributed by atoms with Crippen LogP contribution in [-0.2, 0) is 16.0 Å². The fourth-order valence-electron chi connectivity index (χ4n) is 4.62. The minimum Gasteiger partial charge on any atom is -0.444 e. The lowest BCUT2D eigenvalue weighted by Gasteiger charge is -2.37. The standard InChI is InChI=1S/C25H39N5O5/c1-24(2,3)12-11-20(31)29-14-8-10-18-21(19(30(33)34)15-26-22(18)29)28-13-7-9-17(16-28)27-23(32)35-25(4,5)6/h15,17H,7-14,16H2,1-6H3,(H,27,32)/t17-/m0/s1. The van der Waals surface area contributed by atoms with Gasteiger partial charge in [0.1, 0.15) is 23.3 Å². The number of carbonyl (C=O) groups is 2. The maximum absolute atomic E-state index is 13.1. The summed E-state index contributed by atoms with van der Waals surface area (Å²) < 4.78 is 5.39. The third kappa shape index (κ3) is 7.05. The van der Waals surface area contributed by atoms with Gasteiger partial charge in [-0.25, -0.2) is 9.78 Å². The van der Waals surface area contributed by atoms with Crippen molar-refractivity contribution in [2.24, 2.45) is 5.41 Å². The van der Waals surface area contributed by atoms with Crippen LogP contribution in [0, 0.1) is 15.5 Å². The highest BCUT2D eigenvalue weighted by atomic mass is 16.6. The van der Waals surface area contributed by atoms with Gasteiger partial charge in [0.2, 0.25) is 5.91 Å². The van der Waals surface area contributed by atoms with Crippen LogP contribution in [0.2, 0.25) is 0 Å².